The fraction of sp³-hybridized carbons (Fsp3) is 0.267. The van der Waals surface area contributed by atoms with Crippen LogP contribution < -0.4 is 0 Å². The second kappa shape index (κ2) is 6.41. The first kappa shape index (κ1) is 15.7. The van der Waals surface area contributed by atoms with Gasteiger partial charge in [-0.3, -0.25) is 4.79 Å². The van der Waals surface area contributed by atoms with E-state index in [1.165, 1.54) is 11.6 Å². The van der Waals surface area contributed by atoms with E-state index in [-0.39, 0.29) is 21.8 Å². The van der Waals surface area contributed by atoms with Gasteiger partial charge >= 0.3 is 0 Å². The highest BCUT2D eigenvalue weighted by Crippen LogP contribution is 2.19. The summed E-state index contributed by atoms with van der Waals surface area (Å²) in [6.07, 6.45) is 0. The van der Waals surface area contributed by atoms with Crippen LogP contribution in [0.1, 0.15) is 27.0 Å². The Hall–Kier alpha value is -1.65. The van der Waals surface area contributed by atoms with E-state index in [9.17, 15) is 4.79 Å². The van der Waals surface area contributed by atoms with Gasteiger partial charge < -0.3 is 4.90 Å². The Morgan fingerprint density at radius 1 is 1.19 bits per heavy atom. The molecule has 0 fully saturated rings. The third-order valence-electron chi connectivity index (χ3n) is 3.20. The van der Waals surface area contributed by atoms with Gasteiger partial charge in [0.05, 0.1) is 5.56 Å². The van der Waals surface area contributed by atoms with E-state index in [0.717, 1.165) is 11.1 Å². The largest absolute Gasteiger partial charge is 0.337 e. The molecule has 4 nitrogen and oxygen atoms in total. The van der Waals surface area contributed by atoms with E-state index in [2.05, 4.69) is 16.3 Å². The summed E-state index contributed by atoms with van der Waals surface area (Å²) in [6.45, 7) is 4.55. The average molecular weight is 324 g/mol. The molecule has 2 aromatic rings. The third kappa shape index (κ3) is 3.71. The lowest BCUT2D eigenvalue weighted by atomic mass is 10.1. The molecule has 0 N–H and O–H groups in total. The zero-order valence-corrected chi connectivity index (χ0v) is 13.5. The lowest BCUT2D eigenvalue weighted by molar-refractivity contribution is 0.0784. The molecule has 0 atom stereocenters. The van der Waals surface area contributed by atoms with E-state index in [0.29, 0.717) is 6.54 Å². The molecule has 0 bridgehead atoms. The summed E-state index contributed by atoms with van der Waals surface area (Å²) >= 11 is 11.7. The first-order valence-electron chi connectivity index (χ1n) is 6.39. The predicted octanol–water partition coefficient (Wildman–Crippen LogP) is 3.67. The van der Waals surface area contributed by atoms with Crippen molar-refractivity contribution in [2.75, 3.05) is 7.05 Å². The first-order valence-corrected chi connectivity index (χ1v) is 7.14. The summed E-state index contributed by atoms with van der Waals surface area (Å²) < 4.78 is 0. The lowest BCUT2D eigenvalue weighted by Crippen LogP contribution is -2.27. The average Bonchev–Trinajstić information content (AvgIpc) is 2.43. The molecule has 1 aromatic carbocycles. The van der Waals surface area contributed by atoms with E-state index >= 15 is 0 Å². The van der Waals surface area contributed by atoms with Gasteiger partial charge in [0.1, 0.15) is 0 Å². The highest BCUT2D eigenvalue weighted by atomic mass is 35.5. The maximum atomic E-state index is 12.4. The lowest BCUT2D eigenvalue weighted by Gasteiger charge is -2.19. The van der Waals surface area contributed by atoms with Crippen molar-refractivity contribution < 1.29 is 4.79 Å². The maximum absolute atomic E-state index is 12.4. The Kier molecular flexibility index (Phi) is 4.80. The number of hydrogen-bond donors (Lipinski definition) is 0. The summed E-state index contributed by atoms with van der Waals surface area (Å²) in [4.78, 5) is 14.0. The van der Waals surface area contributed by atoms with Crippen molar-refractivity contribution in [3.63, 3.8) is 0 Å². The number of halogens is 2. The summed E-state index contributed by atoms with van der Waals surface area (Å²) in [6, 6.07) is 7.57. The first-order chi connectivity index (χ1) is 9.88. The minimum Gasteiger partial charge on any atom is -0.337 e. The molecule has 0 aliphatic carbocycles. The van der Waals surface area contributed by atoms with Crippen LogP contribution in [0.3, 0.4) is 0 Å². The molecule has 1 aromatic heterocycles. The Morgan fingerprint density at radius 3 is 2.57 bits per heavy atom. The van der Waals surface area contributed by atoms with Crippen molar-refractivity contribution in [1.29, 1.82) is 0 Å². The SMILES string of the molecule is Cc1ccc(CN(C)C(=O)c2cc(Cl)nnc2Cl)c(C)c1. The van der Waals surface area contributed by atoms with Gasteiger partial charge in [0.15, 0.2) is 10.3 Å². The van der Waals surface area contributed by atoms with E-state index in [4.69, 9.17) is 23.2 Å². The van der Waals surface area contributed by atoms with Crippen molar-refractivity contribution in [3.8, 4) is 0 Å². The Balaban J connectivity index is 2.21. The number of carbonyl (C=O) groups excluding carboxylic acids is 1. The van der Waals surface area contributed by atoms with Crippen molar-refractivity contribution in [3.05, 3.63) is 56.8 Å². The zero-order chi connectivity index (χ0) is 15.6. The van der Waals surface area contributed by atoms with Crippen LogP contribution >= 0.6 is 23.2 Å². The quantitative estimate of drug-likeness (QED) is 0.865. The summed E-state index contributed by atoms with van der Waals surface area (Å²) in [7, 11) is 1.71. The second-order valence-electron chi connectivity index (χ2n) is 4.96. The van der Waals surface area contributed by atoms with Crippen LogP contribution in [-0.4, -0.2) is 28.1 Å². The third-order valence-corrected chi connectivity index (χ3v) is 3.67. The fourth-order valence-electron chi connectivity index (χ4n) is 2.06. The molecule has 0 unspecified atom stereocenters. The van der Waals surface area contributed by atoms with Gasteiger partial charge in [-0.15, -0.1) is 10.2 Å². The number of amides is 1. The number of benzene rings is 1. The number of nitrogens with zero attached hydrogens (tertiary/aromatic N) is 3. The normalized spacial score (nSPS) is 10.5. The molecule has 0 aliphatic heterocycles. The zero-order valence-electron chi connectivity index (χ0n) is 12.0. The Morgan fingerprint density at radius 2 is 1.90 bits per heavy atom. The van der Waals surface area contributed by atoms with Gasteiger partial charge in [-0.25, -0.2) is 0 Å². The van der Waals surface area contributed by atoms with Crippen LogP contribution in [-0.2, 0) is 6.54 Å². The van der Waals surface area contributed by atoms with Gasteiger partial charge in [0.2, 0.25) is 0 Å². The summed E-state index contributed by atoms with van der Waals surface area (Å²) in [5.74, 6) is -0.239. The van der Waals surface area contributed by atoms with E-state index in [1.807, 2.05) is 26.0 Å². The number of carbonyl (C=O) groups is 1. The van der Waals surface area contributed by atoms with E-state index < -0.39 is 0 Å². The maximum Gasteiger partial charge on any atom is 0.257 e. The molecule has 6 heteroatoms. The molecule has 0 radical (unpaired) electrons. The van der Waals surface area contributed by atoms with Crippen molar-refractivity contribution >= 4 is 29.1 Å². The standard InChI is InChI=1S/C15H15Cl2N3O/c1-9-4-5-11(10(2)6-9)8-20(3)15(21)12-7-13(16)18-19-14(12)17/h4-7H,8H2,1-3H3. The Labute approximate surface area is 133 Å². The summed E-state index contributed by atoms with van der Waals surface area (Å²) in [5, 5.41) is 7.45. The van der Waals surface area contributed by atoms with Crippen LogP contribution in [0.5, 0.6) is 0 Å². The van der Waals surface area contributed by atoms with E-state index in [1.54, 1.807) is 11.9 Å². The molecular formula is C15H15Cl2N3O. The summed E-state index contributed by atoms with van der Waals surface area (Å²) in [5.41, 5.74) is 3.68. The van der Waals surface area contributed by atoms with Crippen molar-refractivity contribution in [2.24, 2.45) is 0 Å². The van der Waals surface area contributed by atoms with Crippen LogP contribution in [0, 0.1) is 13.8 Å². The molecule has 1 heterocycles. The monoisotopic (exact) mass is 323 g/mol. The highest BCUT2D eigenvalue weighted by molar-refractivity contribution is 6.34. The van der Waals surface area contributed by atoms with Gasteiger partial charge in [0.25, 0.3) is 5.91 Å². The van der Waals surface area contributed by atoms with Gasteiger partial charge in [0, 0.05) is 13.6 Å². The minimum atomic E-state index is -0.239. The molecule has 2 rings (SSSR count). The number of rotatable bonds is 3. The predicted molar refractivity (Wildman–Crippen MR) is 83.8 cm³/mol. The molecule has 0 aliphatic rings. The molecule has 110 valence electrons. The second-order valence-corrected chi connectivity index (χ2v) is 5.71. The number of hydrogen-bond acceptors (Lipinski definition) is 3. The van der Waals surface area contributed by atoms with Crippen LogP contribution in [0.4, 0.5) is 0 Å². The van der Waals surface area contributed by atoms with Crippen LogP contribution in [0.15, 0.2) is 24.3 Å². The van der Waals surface area contributed by atoms with Gasteiger partial charge in [-0.05, 0) is 31.0 Å². The minimum absolute atomic E-state index is 0.0527. The van der Waals surface area contributed by atoms with Crippen LogP contribution in [0.2, 0.25) is 10.3 Å². The van der Waals surface area contributed by atoms with Gasteiger partial charge in [-0.1, -0.05) is 47.0 Å². The fourth-order valence-corrected chi connectivity index (χ4v) is 2.38. The molecule has 0 saturated carbocycles. The smallest absolute Gasteiger partial charge is 0.257 e. The van der Waals surface area contributed by atoms with Crippen molar-refractivity contribution in [1.82, 2.24) is 15.1 Å². The molecule has 1 amide bonds. The topological polar surface area (TPSA) is 46.1 Å². The van der Waals surface area contributed by atoms with Gasteiger partial charge in [-0.2, -0.15) is 0 Å². The molecular weight excluding hydrogens is 309 g/mol. The van der Waals surface area contributed by atoms with Crippen molar-refractivity contribution in [2.45, 2.75) is 20.4 Å². The number of aryl methyl sites for hydroxylation is 2. The highest BCUT2D eigenvalue weighted by Gasteiger charge is 2.18. The molecule has 0 saturated heterocycles. The number of aromatic nitrogens is 2. The van der Waals surface area contributed by atoms with Crippen LogP contribution in [0.25, 0.3) is 0 Å². The molecule has 21 heavy (non-hydrogen) atoms. The Bertz CT molecular complexity index is 689. The molecule has 0 spiro atoms.